The van der Waals surface area contributed by atoms with Crippen molar-refractivity contribution in [1.82, 2.24) is 0 Å². The Morgan fingerprint density at radius 1 is 1.53 bits per heavy atom. The van der Waals surface area contributed by atoms with Crippen molar-refractivity contribution in [1.29, 1.82) is 0 Å². The van der Waals surface area contributed by atoms with Gasteiger partial charge < -0.3 is 10.5 Å². The molecule has 0 aromatic rings. The van der Waals surface area contributed by atoms with E-state index in [1.54, 1.807) is 20.8 Å². The van der Waals surface area contributed by atoms with Gasteiger partial charge in [-0.2, -0.15) is 0 Å². The molecule has 1 fully saturated rings. The van der Waals surface area contributed by atoms with Crippen molar-refractivity contribution in [3.63, 3.8) is 0 Å². The Balaban J connectivity index is 3.14. The van der Waals surface area contributed by atoms with E-state index in [0.29, 0.717) is 0 Å². The van der Waals surface area contributed by atoms with Crippen molar-refractivity contribution in [3.05, 3.63) is 12.7 Å². The molecule has 0 unspecified atom stereocenters. The molecule has 1 aliphatic rings. The number of sulfone groups is 1. The Bertz CT molecular complexity index is 355. The van der Waals surface area contributed by atoms with Crippen LogP contribution in [0.1, 0.15) is 20.8 Å². The highest BCUT2D eigenvalue weighted by atomic mass is 32.2. The number of hydrogen-bond acceptors (Lipinski definition) is 4. The van der Waals surface area contributed by atoms with Crippen LogP contribution in [0, 0.1) is 0 Å². The molecule has 2 N–H and O–H groups in total. The number of nitrogens with two attached hydrogens (primary N) is 1. The van der Waals surface area contributed by atoms with Crippen LogP contribution in [0.4, 0.5) is 0 Å². The summed E-state index contributed by atoms with van der Waals surface area (Å²) in [6.07, 6.45) is 1.48. The lowest BCUT2D eigenvalue weighted by molar-refractivity contribution is 0.186. The Morgan fingerprint density at radius 3 is 2.47 bits per heavy atom. The Kier molecular flexibility index (Phi) is 3.02. The van der Waals surface area contributed by atoms with E-state index in [1.807, 2.05) is 0 Å². The summed E-state index contributed by atoms with van der Waals surface area (Å²) < 4.78 is 28.8. The highest BCUT2D eigenvalue weighted by molar-refractivity contribution is 7.93. The van der Waals surface area contributed by atoms with Gasteiger partial charge >= 0.3 is 0 Å². The molecule has 0 aromatic heterocycles. The molecule has 15 heavy (non-hydrogen) atoms. The summed E-state index contributed by atoms with van der Waals surface area (Å²) >= 11 is 0. The van der Waals surface area contributed by atoms with E-state index >= 15 is 0 Å². The van der Waals surface area contributed by atoms with Crippen LogP contribution >= 0.6 is 0 Å². The first kappa shape index (κ1) is 12.7. The summed E-state index contributed by atoms with van der Waals surface area (Å²) in [6.45, 7) is 8.98. The largest absolute Gasteiger partial charge is 0.378 e. The smallest absolute Gasteiger partial charge is 0.162 e. The third-order valence-electron chi connectivity index (χ3n) is 2.83. The molecule has 5 heteroatoms. The molecule has 0 bridgehead atoms. The second-order valence-electron chi connectivity index (χ2n) is 4.98. The fourth-order valence-electron chi connectivity index (χ4n) is 1.59. The third-order valence-corrected chi connectivity index (χ3v) is 5.86. The van der Waals surface area contributed by atoms with Crippen molar-refractivity contribution in [3.8, 4) is 0 Å². The topological polar surface area (TPSA) is 69.4 Å². The molecule has 0 saturated carbocycles. The molecule has 1 heterocycles. The number of ether oxygens (including phenoxy) is 1. The zero-order chi connectivity index (χ0) is 11.9. The highest BCUT2D eigenvalue weighted by Gasteiger charge is 2.50. The molecule has 1 aliphatic heterocycles. The molecule has 88 valence electrons. The van der Waals surface area contributed by atoms with Crippen LogP contribution in [0.15, 0.2) is 12.7 Å². The van der Waals surface area contributed by atoms with Gasteiger partial charge in [0.1, 0.15) is 5.25 Å². The molecular formula is C10H19NO3S. The first-order valence-electron chi connectivity index (χ1n) is 4.89. The second kappa shape index (κ2) is 3.57. The lowest BCUT2D eigenvalue weighted by atomic mass is 10.0. The van der Waals surface area contributed by atoms with Gasteiger partial charge in [0, 0.05) is 0 Å². The molecule has 0 amide bonds. The monoisotopic (exact) mass is 233 g/mol. The fraction of sp³-hybridized carbons (Fsp3) is 0.800. The Hall–Kier alpha value is -0.390. The summed E-state index contributed by atoms with van der Waals surface area (Å²) in [5, 5.41) is -0.692. The van der Waals surface area contributed by atoms with Crippen molar-refractivity contribution in [2.45, 2.75) is 36.3 Å². The average molecular weight is 233 g/mol. The molecule has 0 aromatic carbocycles. The van der Waals surface area contributed by atoms with Gasteiger partial charge in [-0.05, 0) is 20.8 Å². The molecule has 1 saturated heterocycles. The third kappa shape index (κ3) is 1.96. The predicted molar refractivity (Wildman–Crippen MR) is 60.4 cm³/mol. The molecule has 1 rings (SSSR count). The minimum absolute atomic E-state index is 0.155. The van der Waals surface area contributed by atoms with Crippen LogP contribution in [0.25, 0.3) is 0 Å². The standard InChI is InChI=1S/C10H19NO3S/c1-5-10(11)7-14-6-8(10)15(12,13)9(2,3)4/h5,8H,1,6-7,11H2,2-4H3/t8-,10+/m1/s1. The van der Waals surface area contributed by atoms with Gasteiger partial charge in [-0.15, -0.1) is 6.58 Å². The first-order valence-corrected chi connectivity index (χ1v) is 6.43. The summed E-state index contributed by atoms with van der Waals surface area (Å²) in [5.74, 6) is 0. The lowest BCUT2D eigenvalue weighted by Crippen LogP contribution is -2.55. The van der Waals surface area contributed by atoms with E-state index in [-0.39, 0.29) is 13.2 Å². The molecule has 0 aliphatic carbocycles. The van der Waals surface area contributed by atoms with Crippen LogP contribution in [-0.4, -0.2) is 37.2 Å². The minimum Gasteiger partial charge on any atom is -0.378 e. The van der Waals surface area contributed by atoms with Crippen molar-refractivity contribution < 1.29 is 13.2 Å². The van der Waals surface area contributed by atoms with E-state index in [1.165, 1.54) is 6.08 Å². The van der Waals surface area contributed by atoms with Crippen LogP contribution in [-0.2, 0) is 14.6 Å². The van der Waals surface area contributed by atoms with Crippen LogP contribution < -0.4 is 5.73 Å². The van der Waals surface area contributed by atoms with E-state index in [9.17, 15) is 8.42 Å². The zero-order valence-corrected chi connectivity index (χ0v) is 10.3. The van der Waals surface area contributed by atoms with Crippen molar-refractivity contribution >= 4 is 9.84 Å². The molecule has 0 radical (unpaired) electrons. The van der Waals surface area contributed by atoms with Crippen molar-refractivity contribution in [2.75, 3.05) is 13.2 Å². The van der Waals surface area contributed by atoms with Crippen LogP contribution in [0.5, 0.6) is 0 Å². The first-order chi connectivity index (χ1) is 6.65. The minimum atomic E-state index is -3.32. The summed E-state index contributed by atoms with van der Waals surface area (Å²) in [5.41, 5.74) is 5.01. The highest BCUT2D eigenvalue weighted by Crippen LogP contribution is 2.31. The van der Waals surface area contributed by atoms with Crippen LogP contribution in [0.3, 0.4) is 0 Å². The van der Waals surface area contributed by atoms with Gasteiger partial charge in [0.25, 0.3) is 0 Å². The van der Waals surface area contributed by atoms with E-state index in [4.69, 9.17) is 10.5 Å². The van der Waals surface area contributed by atoms with Gasteiger partial charge in [0.05, 0.1) is 23.5 Å². The molecule has 0 spiro atoms. The van der Waals surface area contributed by atoms with Gasteiger partial charge in [-0.1, -0.05) is 6.08 Å². The number of hydrogen-bond donors (Lipinski definition) is 1. The fourth-order valence-corrected chi connectivity index (χ4v) is 3.46. The molecule has 2 atom stereocenters. The van der Waals surface area contributed by atoms with Crippen LogP contribution in [0.2, 0.25) is 0 Å². The second-order valence-corrected chi connectivity index (χ2v) is 7.86. The van der Waals surface area contributed by atoms with Gasteiger partial charge in [0.15, 0.2) is 9.84 Å². The maximum atomic E-state index is 12.2. The average Bonchev–Trinajstić information content (AvgIpc) is 2.47. The Labute approximate surface area is 91.4 Å². The van der Waals surface area contributed by atoms with Gasteiger partial charge in [-0.3, -0.25) is 0 Å². The lowest BCUT2D eigenvalue weighted by Gasteiger charge is -2.31. The van der Waals surface area contributed by atoms with E-state index in [0.717, 1.165) is 0 Å². The zero-order valence-electron chi connectivity index (χ0n) is 9.49. The maximum Gasteiger partial charge on any atom is 0.162 e. The summed E-state index contributed by atoms with van der Waals surface area (Å²) in [7, 11) is -3.32. The predicted octanol–water partition coefficient (Wildman–Crippen LogP) is 0.482. The molecule has 4 nitrogen and oxygen atoms in total. The molecular weight excluding hydrogens is 214 g/mol. The van der Waals surface area contributed by atoms with E-state index < -0.39 is 25.4 Å². The SMILES string of the molecule is C=C[C@]1(N)COC[C@H]1S(=O)(=O)C(C)(C)C. The number of rotatable bonds is 2. The van der Waals surface area contributed by atoms with Crippen molar-refractivity contribution in [2.24, 2.45) is 5.73 Å². The normalized spacial score (nSPS) is 32.9. The maximum absolute atomic E-state index is 12.2. The summed E-state index contributed by atoms with van der Waals surface area (Å²) in [6, 6.07) is 0. The Morgan fingerprint density at radius 2 is 2.07 bits per heavy atom. The quantitative estimate of drug-likeness (QED) is 0.704. The van der Waals surface area contributed by atoms with E-state index in [2.05, 4.69) is 6.58 Å². The summed E-state index contributed by atoms with van der Waals surface area (Å²) in [4.78, 5) is 0. The van der Waals surface area contributed by atoms with Gasteiger partial charge in [0.2, 0.25) is 0 Å². The van der Waals surface area contributed by atoms with Gasteiger partial charge in [-0.25, -0.2) is 8.42 Å².